The number of anilines is 1. The molecule has 0 saturated heterocycles. The molecule has 0 amide bonds. The maximum absolute atomic E-state index is 6.28. The summed E-state index contributed by atoms with van der Waals surface area (Å²) in [5.74, 6) is 1.50. The van der Waals surface area contributed by atoms with Crippen molar-refractivity contribution in [2.75, 3.05) is 11.1 Å². The van der Waals surface area contributed by atoms with Crippen LogP contribution in [0, 0.1) is 6.92 Å². The normalized spacial score (nSPS) is 15.3. The van der Waals surface area contributed by atoms with Crippen LogP contribution in [-0.2, 0) is 0 Å². The van der Waals surface area contributed by atoms with Crippen LogP contribution in [0.2, 0.25) is 0 Å². The third-order valence-electron chi connectivity index (χ3n) is 4.14. The summed E-state index contributed by atoms with van der Waals surface area (Å²) in [5, 5.41) is 12.9. The standard InChI is InChI=1S/C19H19BrN4OS2/c1-3-4-9-26-19-22-18-16(23-24-19)13-10-12(20)6-7-14(13)21-17(25-18)15-8-5-11(2)27-15/h5-8,10,17,21H,3-4,9H2,1-2H3/t17-/m1/s1. The second kappa shape index (κ2) is 8.16. The molecule has 4 rings (SSSR count). The lowest BCUT2D eigenvalue weighted by atomic mass is 10.1. The van der Waals surface area contributed by atoms with Crippen molar-refractivity contribution in [2.45, 2.75) is 38.1 Å². The first-order valence-electron chi connectivity index (χ1n) is 8.81. The van der Waals surface area contributed by atoms with Crippen LogP contribution >= 0.6 is 39.0 Å². The van der Waals surface area contributed by atoms with Gasteiger partial charge in [0.25, 0.3) is 0 Å². The van der Waals surface area contributed by atoms with Gasteiger partial charge in [0, 0.05) is 26.4 Å². The van der Waals surface area contributed by atoms with Crippen LogP contribution in [0.25, 0.3) is 11.3 Å². The quantitative estimate of drug-likeness (QED) is 0.366. The third-order valence-corrected chi connectivity index (χ3v) is 6.60. The molecule has 0 bridgehead atoms. The summed E-state index contributed by atoms with van der Waals surface area (Å²) in [7, 11) is 0. The van der Waals surface area contributed by atoms with Gasteiger partial charge in [-0.25, -0.2) is 0 Å². The van der Waals surface area contributed by atoms with Gasteiger partial charge in [-0.2, -0.15) is 4.98 Å². The van der Waals surface area contributed by atoms with E-state index in [1.165, 1.54) is 4.88 Å². The molecule has 1 N–H and O–H groups in total. The number of hydrogen-bond acceptors (Lipinski definition) is 7. The summed E-state index contributed by atoms with van der Waals surface area (Å²) in [5.41, 5.74) is 2.55. The Kier molecular flexibility index (Phi) is 5.66. The predicted octanol–water partition coefficient (Wildman–Crippen LogP) is 6.07. The Morgan fingerprint density at radius 3 is 2.93 bits per heavy atom. The van der Waals surface area contributed by atoms with Crippen LogP contribution in [0.5, 0.6) is 5.88 Å². The van der Waals surface area contributed by atoms with E-state index >= 15 is 0 Å². The number of nitrogens with zero attached hydrogens (tertiary/aromatic N) is 3. The van der Waals surface area contributed by atoms with Crippen molar-refractivity contribution < 1.29 is 4.74 Å². The number of benzene rings is 1. The minimum atomic E-state index is -0.310. The van der Waals surface area contributed by atoms with E-state index in [1.54, 1.807) is 23.1 Å². The Balaban J connectivity index is 1.76. The van der Waals surface area contributed by atoms with Gasteiger partial charge in [-0.3, -0.25) is 0 Å². The zero-order valence-corrected chi connectivity index (χ0v) is 18.2. The van der Waals surface area contributed by atoms with Crippen LogP contribution in [0.15, 0.2) is 40.0 Å². The molecule has 0 spiro atoms. The van der Waals surface area contributed by atoms with Gasteiger partial charge in [-0.15, -0.1) is 21.5 Å². The summed E-state index contributed by atoms with van der Waals surface area (Å²) < 4.78 is 7.26. The molecule has 3 heterocycles. The minimum Gasteiger partial charge on any atom is -0.447 e. The van der Waals surface area contributed by atoms with E-state index in [0.717, 1.165) is 39.2 Å². The second-order valence-electron chi connectivity index (χ2n) is 6.23. The zero-order valence-electron chi connectivity index (χ0n) is 15.0. The van der Waals surface area contributed by atoms with Crippen LogP contribution in [0.3, 0.4) is 0 Å². The second-order valence-corrected chi connectivity index (χ2v) is 9.53. The highest BCUT2D eigenvalue weighted by Gasteiger charge is 2.27. The molecule has 0 unspecified atom stereocenters. The summed E-state index contributed by atoms with van der Waals surface area (Å²) in [6.45, 7) is 4.27. The summed E-state index contributed by atoms with van der Waals surface area (Å²) in [4.78, 5) is 7.02. The SMILES string of the molecule is CCCCSc1nnc2c(n1)O[C@H](c1ccc(C)s1)Nc1ccc(Br)cc1-2. The first-order chi connectivity index (χ1) is 13.1. The van der Waals surface area contributed by atoms with E-state index in [-0.39, 0.29) is 6.23 Å². The van der Waals surface area contributed by atoms with Crippen LogP contribution in [0.4, 0.5) is 5.69 Å². The molecule has 140 valence electrons. The number of rotatable bonds is 5. The molecule has 3 aromatic rings. The first-order valence-corrected chi connectivity index (χ1v) is 11.4. The number of nitrogens with one attached hydrogen (secondary N) is 1. The topological polar surface area (TPSA) is 59.9 Å². The number of ether oxygens (including phenoxy) is 1. The van der Waals surface area contributed by atoms with Crippen molar-refractivity contribution >= 4 is 44.7 Å². The van der Waals surface area contributed by atoms with E-state index in [2.05, 4.69) is 62.4 Å². The smallest absolute Gasteiger partial charge is 0.247 e. The summed E-state index contributed by atoms with van der Waals surface area (Å²) in [6.07, 6.45) is 1.96. The molecule has 1 aliphatic rings. The Morgan fingerprint density at radius 1 is 1.26 bits per heavy atom. The Morgan fingerprint density at radius 2 is 2.15 bits per heavy atom. The van der Waals surface area contributed by atoms with Gasteiger partial charge in [-0.1, -0.05) is 41.0 Å². The average molecular weight is 463 g/mol. The van der Waals surface area contributed by atoms with E-state index in [4.69, 9.17) is 4.74 Å². The van der Waals surface area contributed by atoms with Crippen molar-refractivity contribution in [2.24, 2.45) is 0 Å². The van der Waals surface area contributed by atoms with Gasteiger partial charge in [0.05, 0.1) is 4.88 Å². The molecule has 0 fully saturated rings. The van der Waals surface area contributed by atoms with E-state index in [1.807, 2.05) is 18.2 Å². The number of aryl methyl sites for hydroxylation is 1. The van der Waals surface area contributed by atoms with Gasteiger partial charge in [0.15, 0.2) is 5.69 Å². The van der Waals surface area contributed by atoms with Gasteiger partial charge in [0.2, 0.25) is 17.3 Å². The number of hydrogen-bond donors (Lipinski definition) is 1. The highest BCUT2D eigenvalue weighted by molar-refractivity contribution is 9.10. The maximum Gasteiger partial charge on any atom is 0.247 e. The van der Waals surface area contributed by atoms with E-state index in [9.17, 15) is 0 Å². The number of aromatic nitrogens is 3. The lowest BCUT2D eigenvalue weighted by molar-refractivity contribution is 0.229. The maximum atomic E-state index is 6.28. The van der Waals surface area contributed by atoms with Gasteiger partial charge in [-0.05, 0) is 43.7 Å². The first kappa shape index (κ1) is 18.7. The average Bonchev–Trinajstić information content (AvgIpc) is 3.02. The van der Waals surface area contributed by atoms with Crippen molar-refractivity contribution in [1.82, 2.24) is 15.2 Å². The van der Waals surface area contributed by atoms with Crippen molar-refractivity contribution in [3.63, 3.8) is 0 Å². The fraction of sp³-hybridized carbons (Fsp3) is 0.316. The van der Waals surface area contributed by atoms with Crippen LogP contribution < -0.4 is 10.1 Å². The Labute approximate surface area is 175 Å². The molecular weight excluding hydrogens is 444 g/mol. The zero-order chi connectivity index (χ0) is 18.8. The van der Waals surface area contributed by atoms with Crippen molar-refractivity contribution in [3.8, 4) is 17.1 Å². The fourth-order valence-corrected chi connectivity index (χ4v) is 4.84. The molecule has 1 atom stereocenters. The number of thiophene rings is 1. The highest BCUT2D eigenvalue weighted by atomic mass is 79.9. The minimum absolute atomic E-state index is 0.310. The predicted molar refractivity (Wildman–Crippen MR) is 115 cm³/mol. The van der Waals surface area contributed by atoms with Crippen molar-refractivity contribution in [1.29, 1.82) is 0 Å². The Hall–Kier alpha value is -1.64. The molecule has 0 radical (unpaired) electrons. The van der Waals surface area contributed by atoms with Crippen molar-refractivity contribution in [3.05, 3.63) is 44.6 Å². The van der Waals surface area contributed by atoms with Gasteiger partial charge >= 0.3 is 0 Å². The summed E-state index contributed by atoms with van der Waals surface area (Å²) >= 11 is 6.88. The number of halogens is 1. The molecule has 8 heteroatoms. The van der Waals surface area contributed by atoms with E-state index < -0.39 is 0 Å². The number of fused-ring (bicyclic) bond motifs is 3. The molecular formula is C19H19BrN4OS2. The lowest BCUT2D eigenvalue weighted by Crippen LogP contribution is -2.15. The number of unbranched alkanes of at least 4 members (excludes halogenated alkanes) is 1. The van der Waals surface area contributed by atoms with E-state index in [0.29, 0.717) is 16.7 Å². The molecule has 0 saturated carbocycles. The molecule has 2 aromatic heterocycles. The third kappa shape index (κ3) is 4.12. The Bertz CT molecular complexity index is 963. The highest BCUT2D eigenvalue weighted by Crippen LogP contribution is 2.41. The molecule has 1 aromatic carbocycles. The molecule has 27 heavy (non-hydrogen) atoms. The van der Waals surface area contributed by atoms with Crippen LogP contribution in [0.1, 0.15) is 35.7 Å². The molecule has 5 nitrogen and oxygen atoms in total. The number of thioether (sulfide) groups is 1. The monoisotopic (exact) mass is 462 g/mol. The van der Waals surface area contributed by atoms with Gasteiger partial charge < -0.3 is 10.1 Å². The largest absolute Gasteiger partial charge is 0.447 e. The molecule has 1 aliphatic heterocycles. The summed E-state index contributed by atoms with van der Waals surface area (Å²) in [6, 6.07) is 10.2. The van der Waals surface area contributed by atoms with Crippen LogP contribution in [-0.4, -0.2) is 20.9 Å². The van der Waals surface area contributed by atoms with Gasteiger partial charge in [0.1, 0.15) is 0 Å². The molecule has 0 aliphatic carbocycles. The fourth-order valence-electron chi connectivity index (χ4n) is 2.76. The lowest BCUT2D eigenvalue weighted by Gasteiger charge is -2.17.